The van der Waals surface area contributed by atoms with Gasteiger partial charge < -0.3 is 0 Å². The van der Waals surface area contributed by atoms with E-state index in [9.17, 15) is 4.79 Å². The Morgan fingerprint density at radius 1 is 1.05 bits per heavy atom. The van der Waals surface area contributed by atoms with Crippen molar-refractivity contribution < 1.29 is 4.79 Å². The van der Waals surface area contributed by atoms with Gasteiger partial charge in [0.25, 0.3) is 0 Å². The second-order valence-corrected chi connectivity index (χ2v) is 4.76. The van der Waals surface area contributed by atoms with E-state index < -0.39 is 5.78 Å². The molecule has 20 heavy (non-hydrogen) atoms. The minimum absolute atomic E-state index is 0.125. The number of ketones is 1. The highest BCUT2D eigenvalue weighted by molar-refractivity contribution is 7.14. The van der Waals surface area contributed by atoms with Crippen LogP contribution in [0.25, 0.3) is 5.57 Å². The predicted octanol–water partition coefficient (Wildman–Crippen LogP) is 2.43. The number of allylic oxidation sites excluding steroid dienone is 4. The van der Waals surface area contributed by atoms with Crippen LogP contribution in [0.5, 0.6) is 0 Å². The third-order valence-electron chi connectivity index (χ3n) is 2.86. The molecule has 0 radical (unpaired) electrons. The molecule has 2 rings (SSSR count). The number of hydrogen-bond donors (Lipinski definition) is 0. The summed E-state index contributed by atoms with van der Waals surface area (Å²) >= 11 is 0.897. The first kappa shape index (κ1) is 13.2. The Kier molecular flexibility index (Phi) is 3.20. The normalized spacial score (nSPS) is 14.2. The van der Waals surface area contributed by atoms with Gasteiger partial charge >= 0.3 is 0 Å². The van der Waals surface area contributed by atoms with Crippen molar-refractivity contribution in [3.8, 4) is 24.3 Å². The van der Waals surface area contributed by atoms with Crippen LogP contribution in [-0.2, 0) is 0 Å². The molecule has 5 nitrogen and oxygen atoms in total. The molecular weight excluding hydrogens is 272 g/mol. The van der Waals surface area contributed by atoms with E-state index in [4.69, 9.17) is 21.0 Å². The number of nitriles is 4. The first-order chi connectivity index (χ1) is 9.64. The van der Waals surface area contributed by atoms with Crippen molar-refractivity contribution in [2.24, 2.45) is 0 Å². The minimum Gasteiger partial charge on any atom is -0.288 e. The molecule has 1 aliphatic rings. The number of Topliss-reactive ketones (excluding diaryl/α,β-unsaturated/α-hetero) is 1. The lowest BCUT2D eigenvalue weighted by Crippen LogP contribution is -1.96. The number of nitrogens with zero attached hydrogens (tertiary/aromatic N) is 4. The van der Waals surface area contributed by atoms with E-state index >= 15 is 0 Å². The van der Waals surface area contributed by atoms with Gasteiger partial charge in [0, 0.05) is 16.7 Å². The van der Waals surface area contributed by atoms with E-state index in [0.29, 0.717) is 0 Å². The van der Waals surface area contributed by atoms with Gasteiger partial charge in [0.2, 0.25) is 0 Å². The summed E-state index contributed by atoms with van der Waals surface area (Å²) in [5.74, 6) is -0.421. The van der Waals surface area contributed by atoms with Crippen LogP contribution in [-0.4, -0.2) is 5.78 Å². The van der Waals surface area contributed by atoms with Crippen LogP contribution in [0.3, 0.4) is 0 Å². The molecule has 0 amide bonds. The summed E-state index contributed by atoms with van der Waals surface area (Å²) in [5.41, 5.74) is 0.482. The largest absolute Gasteiger partial charge is 0.288 e. The van der Waals surface area contributed by atoms with Crippen LogP contribution in [0.1, 0.15) is 32.6 Å². The molecule has 0 spiro atoms. The fourth-order valence-corrected chi connectivity index (χ4v) is 3.00. The van der Waals surface area contributed by atoms with Crippen molar-refractivity contribution in [2.75, 3.05) is 0 Å². The Labute approximate surface area is 118 Å². The van der Waals surface area contributed by atoms with Gasteiger partial charge in [-0.05, 0) is 6.92 Å². The average molecular weight is 276 g/mol. The van der Waals surface area contributed by atoms with E-state index in [1.807, 2.05) is 12.1 Å². The lowest BCUT2D eigenvalue weighted by Gasteiger charge is -2.00. The third-order valence-corrected chi connectivity index (χ3v) is 3.86. The molecule has 0 atom stereocenters. The summed E-state index contributed by atoms with van der Waals surface area (Å²) in [7, 11) is 0. The predicted molar refractivity (Wildman–Crippen MR) is 70.0 cm³/mol. The molecule has 0 aromatic carbocycles. The van der Waals surface area contributed by atoms with Gasteiger partial charge in [0.1, 0.15) is 39.6 Å². The highest BCUT2D eigenvalue weighted by atomic mass is 32.1. The van der Waals surface area contributed by atoms with Gasteiger partial charge in [-0.1, -0.05) is 6.08 Å². The van der Waals surface area contributed by atoms with Crippen LogP contribution in [0.15, 0.2) is 17.2 Å². The van der Waals surface area contributed by atoms with Crippen molar-refractivity contribution in [1.82, 2.24) is 0 Å². The molecule has 0 aliphatic heterocycles. The molecule has 1 aromatic rings. The van der Waals surface area contributed by atoms with Crippen LogP contribution in [0.2, 0.25) is 0 Å². The number of rotatable bonds is 0. The van der Waals surface area contributed by atoms with Crippen molar-refractivity contribution in [3.05, 3.63) is 38.1 Å². The lowest BCUT2D eigenvalue weighted by molar-refractivity contribution is 0.104. The molecule has 0 N–H and O–H groups in total. The van der Waals surface area contributed by atoms with Gasteiger partial charge in [0.05, 0.1) is 5.56 Å². The topological polar surface area (TPSA) is 112 Å². The average Bonchev–Trinajstić information content (AvgIpc) is 2.97. The first-order valence-corrected chi connectivity index (χ1v) is 6.19. The summed E-state index contributed by atoms with van der Waals surface area (Å²) in [5, 5.41) is 36.2. The maximum absolute atomic E-state index is 12.3. The van der Waals surface area contributed by atoms with E-state index in [2.05, 4.69) is 0 Å². The molecule has 1 aromatic heterocycles. The third kappa shape index (κ3) is 1.54. The Balaban J connectivity index is 3.03. The highest BCUT2D eigenvalue weighted by Crippen LogP contribution is 2.45. The van der Waals surface area contributed by atoms with Crippen molar-refractivity contribution in [1.29, 1.82) is 21.0 Å². The molecule has 0 saturated heterocycles. The Bertz CT molecular complexity index is 856. The molecular formula is C14H4N4OS. The zero-order valence-electron chi connectivity index (χ0n) is 10.2. The molecule has 6 heteroatoms. The van der Waals surface area contributed by atoms with Crippen molar-refractivity contribution >= 4 is 22.7 Å². The van der Waals surface area contributed by atoms with Crippen LogP contribution >= 0.6 is 11.3 Å². The fourth-order valence-electron chi connectivity index (χ4n) is 2.10. The van der Waals surface area contributed by atoms with E-state index in [-0.39, 0.29) is 37.6 Å². The lowest BCUT2D eigenvalue weighted by atomic mass is 10.00. The number of carbonyl (C=O) groups is 1. The molecule has 0 bridgehead atoms. The highest BCUT2D eigenvalue weighted by Gasteiger charge is 2.38. The summed E-state index contributed by atoms with van der Waals surface area (Å²) in [6.45, 7) is 1.60. The summed E-state index contributed by atoms with van der Waals surface area (Å²) in [4.78, 5) is 12.6. The first-order valence-electron chi connectivity index (χ1n) is 5.37. The zero-order chi connectivity index (χ0) is 14.9. The van der Waals surface area contributed by atoms with Crippen LogP contribution < -0.4 is 0 Å². The van der Waals surface area contributed by atoms with Crippen LogP contribution in [0, 0.1) is 45.3 Å². The quantitative estimate of drug-likeness (QED) is 0.533. The Morgan fingerprint density at radius 3 is 2.05 bits per heavy atom. The molecule has 92 valence electrons. The molecule has 0 saturated carbocycles. The van der Waals surface area contributed by atoms with Gasteiger partial charge in [-0.25, -0.2) is 0 Å². The second kappa shape index (κ2) is 4.82. The van der Waals surface area contributed by atoms with Crippen molar-refractivity contribution in [2.45, 2.75) is 6.92 Å². The maximum Gasteiger partial charge on any atom is 0.196 e. The summed E-state index contributed by atoms with van der Waals surface area (Å²) in [6, 6.07) is 7.27. The Morgan fingerprint density at radius 2 is 1.60 bits per heavy atom. The maximum atomic E-state index is 12.3. The zero-order valence-corrected chi connectivity index (χ0v) is 11.0. The molecule has 1 heterocycles. The van der Waals surface area contributed by atoms with Gasteiger partial charge in [-0.2, -0.15) is 21.0 Å². The van der Waals surface area contributed by atoms with Gasteiger partial charge in [-0.3, -0.25) is 4.79 Å². The van der Waals surface area contributed by atoms with E-state index in [1.165, 1.54) is 6.08 Å². The monoisotopic (exact) mass is 276 g/mol. The smallest absolute Gasteiger partial charge is 0.196 e. The van der Waals surface area contributed by atoms with Crippen molar-refractivity contribution in [3.63, 3.8) is 0 Å². The van der Waals surface area contributed by atoms with E-state index in [0.717, 1.165) is 11.3 Å². The SMILES string of the molecule is C/C=C1/C(=O)c2c(C#N)sc(C#N)c2C1=C(C#N)C#N. The molecule has 1 aliphatic carbocycles. The number of carbonyl (C=O) groups excluding carboxylic acids is 1. The molecule has 0 unspecified atom stereocenters. The standard InChI is InChI=1S/C14H4N4OS/c1-2-8-11(7(3-15)4-16)12-9(5-17)20-10(6-18)13(12)14(8)19/h2H,1H3/b8-2+. The van der Waals surface area contributed by atoms with E-state index in [1.54, 1.807) is 19.1 Å². The number of fused-ring (bicyclic) bond motifs is 1. The number of thiophene rings is 1. The number of hydrogen-bond acceptors (Lipinski definition) is 6. The van der Waals surface area contributed by atoms with Crippen LogP contribution in [0.4, 0.5) is 0 Å². The van der Waals surface area contributed by atoms with Gasteiger partial charge in [-0.15, -0.1) is 11.3 Å². The molecule has 0 fully saturated rings. The summed E-state index contributed by atoms with van der Waals surface area (Å²) in [6.07, 6.45) is 1.49. The Hall–Kier alpha value is -3.19. The minimum atomic E-state index is -0.421. The fraction of sp³-hybridized carbons (Fsp3) is 0.0714. The van der Waals surface area contributed by atoms with Gasteiger partial charge in [0.15, 0.2) is 5.78 Å². The summed E-state index contributed by atoms with van der Waals surface area (Å²) < 4.78 is 0. The second-order valence-electron chi connectivity index (χ2n) is 3.74.